The van der Waals surface area contributed by atoms with Gasteiger partial charge in [0.2, 0.25) is 0 Å². The number of halogens is 1. The smallest absolute Gasteiger partial charge is 0.270 e. The van der Waals surface area contributed by atoms with Gasteiger partial charge in [-0.1, -0.05) is 17.7 Å². The van der Waals surface area contributed by atoms with Crippen LogP contribution in [0.5, 0.6) is 0 Å². The molecular formula is C14H14ClN3O2. The monoisotopic (exact) mass is 291 g/mol. The predicted molar refractivity (Wildman–Crippen MR) is 77.6 cm³/mol. The van der Waals surface area contributed by atoms with Gasteiger partial charge in [-0.25, -0.2) is 0 Å². The van der Waals surface area contributed by atoms with Crippen LogP contribution in [0, 0.1) is 17.0 Å². The van der Waals surface area contributed by atoms with Crippen molar-refractivity contribution in [1.29, 1.82) is 0 Å². The van der Waals surface area contributed by atoms with Crippen molar-refractivity contribution in [2.75, 3.05) is 0 Å². The Bertz CT molecular complexity index is 632. The van der Waals surface area contributed by atoms with E-state index in [9.17, 15) is 10.1 Å². The third kappa shape index (κ3) is 3.53. The maximum absolute atomic E-state index is 10.6. The van der Waals surface area contributed by atoms with Crippen LogP contribution in [0.3, 0.4) is 0 Å². The van der Waals surface area contributed by atoms with Gasteiger partial charge in [-0.05, 0) is 30.2 Å². The van der Waals surface area contributed by atoms with Crippen molar-refractivity contribution in [2.45, 2.75) is 20.0 Å². The molecule has 0 aliphatic rings. The van der Waals surface area contributed by atoms with E-state index in [4.69, 9.17) is 11.6 Å². The van der Waals surface area contributed by atoms with Crippen molar-refractivity contribution in [2.24, 2.45) is 0 Å². The third-order valence-electron chi connectivity index (χ3n) is 2.97. The second-order valence-electron chi connectivity index (χ2n) is 4.40. The SMILES string of the molecule is Cc1cccnc1CNCc1ccc([N+](=O)[O-])cc1Cl. The number of nitro groups is 1. The van der Waals surface area contributed by atoms with Crippen molar-refractivity contribution in [3.63, 3.8) is 0 Å². The van der Waals surface area contributed by atoms with Crippen molar-refractivity contribution in [3.8, 4) is 0 Å². The largest absolute Gasteiger partial charge is 0.307 e. The minimum Gasteiger partial charge on any atom is -0.307 e. The minimum atomic E-state index is -0.458. The van der Waals surface area contributed by atoms with Crippen molar-refractivity contribution < 1.29 is 4.92 Å². The Balaban J connectivity index is 1.98. The Hall–Kier alpha value is -1.98. The van der Waals surface area contributed by atoms with Crippen LogP contribution in [0.1, 0.15) is 16.8 Å². The molecule has 0 fully saturated rings. The number of pyridine rings is 1. The Kier molecular flexibility index (Phi) is 4.65. The van der Waals surface area contributed by atoms with E-state index in [1.54, 1.807) is 12.3 Å². The molecule has 1 N–H and O–H groups in total. The Morgan fingerprint density at radius 2 is 2.15 bits per heavy atom. The summed E-state index contributed by atoms with van der Waals surface area (Å²) in [4.78, 5) is 14.5. The number of hydrogen-bond acceptors (Lipinski definition) is 4. The number of non-ortho nitro benzene ring substituents is 1. The summed E-state index contributed by atoms with van der Waals surface area (Å²) in [5.74, 6) is 0. The van der Waals surface area contributed by atoms with Crippen molar-refractivity contribution >= 4 is 17.3 Å². The summed E-state index contributed by atoms with van der Waals surface area (Å²) in [5, 5.41) is 14.2. The summed E-state index contributed by atoms with van der Waals surface area (Å²) in [6.45, 7) is 3.16. The Labute approximate surface area is 121 Å². The maximum atomic E-state index is 10.6. The van der Waals surface area contributed by atoms with E-state index in [1.165, 1.54) is 12.1 Å². The maximum Gasteiger partial charge on any atom is 0.270 e. The van der Waals surface area contributed by atoms with Crippen LogP contribution in [-0.4, -0.2) is 9.91 Å². The van der Waals surface area contributed by atoms with Gasteiger partial charge in [0.15, 0.2) is 0 Å². The lowest BCUT2D eigenvalue weighted by molar-refractivity contribution is -0.384. The Morgan fingerprint density at radius 1 is 1.35 bits per heavy atom. The average Bonchev–Trinajstić information content (AvgIpc) is 2.42. The van der Waals surface area contributed by atoms with Crippen LogP contribution in [0.15, 0.2) is 36.5 Å². The molecule has 0 saturated heterocycles. The molecule has 0 aliphatic carbocycles. The first-order valence-electron chi connectivity index (χ1n) is 6.12. The van der Waals surface area contributed by atoms with Gasteiger partial charge in [0.1, 0.15) is 0 Å². The molecule has 1 aromatic heterocycles. The standard InChI is InChI=1S/C14H14ClN3O2/c1-10-3-2-6-17-14(10)9-16-8-11-4-5-12(18(19)20)7-13(11)15/h2-7,16H,8-9H2,1H3. The van der Waals surface area contributed by atoms with E-state index in [0.29, 0.717) is 18.1 Å². The van der Waals surface area contributed by atoms with Crippen molar-refractivity contribution in [3.05, 3.63) is 68.5 Å². The van der Waals surface area contributed by atoms with E-state index in [-0.39, 0.29) is 5.69 Å². The van der Waals surface area contributed by atoms with Gasteiger partial charge in [0.05, 0.1) is 15.6 Å². The summed E-state index contributed by atoms with van der Waals surface area (Å²) < 4.78 is 0. The van der Waals surface area contributed by atoms with Gasteiger partial charge in [0, 0.05) is 31.4 Å². The number of benzene rings is 1. The van der Waals surface area contributed by atoms with Crippen LogP contribution in [-0.2, 0) is 13.1 Å². The van der Waals surface area contributed by atoms with Crippen LogP contribution < -0.4 is 5.32 Å². The summed E-state index contributed by atoms with van der Waals surface area (Å²) in [6.07, 6.45) is 1.75. The fourth-order valence-electron chi connectivity index (χ4n) is 1.81. The molecule has 104 valence electrons. The van der Waals surface area contributed by atoms with Crippen LogP contribution >= 0.6 is 11.6 Å². The predicted octanol–water partition coefficient (Wildman–Crippen LogP) is 3.24. The zero-order valence-electron chi connectivity index (χ0n) is 11.0. The summed E-state index contributed by atoms with van der Waals surface area (Å²) in [5.41, 5.74) is 2.92. The topological polar surface area (TPSA) is 68.1 Å². The van der Waals surface area contributed by atoms with E-state index in [0.717, 1.165) is 16.8 Å². The van der Waals surface area contributed by atoms with Crippen LogP contribution in [0.2, 0.25) is 5.02 Å². The number of aromatic nitrogens is 1. The quantitative estimate of drug-likeness (QED) is 0.678. The molecule has 0 spiro atoms. The molecule has 0 unspecified atom stereocenters. The molecule has 0 atom stereocenters. The highest BCUT2D eigenvalue weighted by Gasteiger charge is 2.09. The molecule has 2 rings (SSSR count). The van der Waals surface area contributed by atoms with E-state index >= 15 is 0 Å². The number of rotatable bonds is 5. The van der Waals surface area contributed by atoms with Crippen molar-refractivity contribution in [1.82, 2.24) is 10.3 Å². The lowest BCUT2D eigenvalue weighted by Gasteiger charge is -2.08. The van der Waals surface area contributed by atoms with Gasteiger partial charge >= 0.3 is 0 Å². The van der Waals surface area contributed by atoms with E-state index < -0.39 is 4.92 Å². The second-order valence-corrected chi connectivity index (χ2v) is 4.81. The number of nitro benzene ring substituents is 1. The first-order valence-corrected chi connectivity index (χ1v) is 6.50. The van der Waals surface area contributed by atoms with Gasteiger partial charge in [-0.2, -0.15) is 0 Å². The molecule has 0 saturated carbocycles. The normalized spacial score (nSPS) is 10.5. The average molecular weight is 292 g/mol. The second kappa shape index (κ2) is 6.45. The van der Waals surface area contributed by atoms with Gasteiger partial charge in [-0.3, -0.25) is 15.1 Å². The summed E-state index contributed by atoms with van der Waals surface area (Å²) >= 11 is 6.03. The van der Waals surface area contributed by atoms with E-state index in [1.807, 2.05) is 19.1 Å². The molecule has 2 aromatic rings. The molecule has 5 nitrogen and oxygen atoms in total. The fourth-order valence-corrected chi connectivity index (χ4v) is 2.05. The highest BCUT2D eigenvalue weighted by atomic mass is 35.5. The molecule has 20 heavy (non-hydrogen) atoms. The minimum absolute atomic E-state index is 0.000629. The number of nitrogens with zero attached hydrogens (tertiary/aromatic N) is 2. The van der Waals surface area contributed by atoms with Crippen LogP contribution in [0.25, 0.3) is 0 Å². The molecule has 0 radical (unpaired) electrons. The Morgan fingerprint density at radius 3 is 2.80 bits per heavy atom. The molecule has 1 aromatic carbocycles. The number of hydrogen-bond donors (Lipinski definition) is 1. The molecule has 1 heterocycles. The summed E-state index contributed by atoms with van der Waals surface area (Å²) in [6, 6.07) is 8.38. The first kappa shape index (κ1) is 14.4. The lowest BCUT2D eigenvalue weighted by atomic mass is 10.2. The van der Waals surface area contributed by atoms with Crippen LogP contribution in [0.4, 0.5) is 5.69 Å². The first-order chi connectivity index (χ1) is 9.58. The molecule has 0 aliphatic heterocycles. The lowest BCUT2D eigenvalue weighted by Crippen LogP contribution is -2.14. The fraction of sp³-hybridized carbons (Fsp3) is 0.214. The molecule has 6 heteroatoms. The molecular weight excluding hydrogens is 278 g/mol. The third-order valence-corrected chi connectivity index (χ3v) is 3.33. The van der Waals surface area contributed by atoms with Gasteiger partial charge in [0.25, 0.3) is 5.69 Å². The van der Waals surface area contributed by atoms with E-state index in [2.05, 4.69) is 10.3 Å². The highest BCUT2D eigenvalue weighted by Crippen LogP contribution is 2.22. The molecule has 0 bridgehead atoms. The van der Waals surface area contributed by atoms with Gasteiger partial charge in [-0.15, -0.1) is 0 Å². The van der Waals surface area contributed by atoms with Gasteiger partial charge < -0.3 is 5.32 Å². The zero-order valence-corrected chi connectivity index (χ0v) is 11.7. The molecule has 0 amide bonds. The summed E-state index contributed by atoms with van der Waals surface area (Å²) in [7, 11) is 0. The number of aryl methyl sites for hydroxylation is 1. The zero-order chi connectivity index (χ0) is 14.5. The highest BCUT2D eigenvalue weighted by molar-refractivity contribution is 6.31. The number of nitrogens with one attached hydrogen (secondary N) is 1.